The number of aromatic nitrogens is 3. The second-order valence-electron chi connectivity index (χ2n) is 5.12. The zero-order chi connectivity index (χ0) is 13.6. The van der Waals surface area contributed by atoms with Gasteiger partial charge in [0.25, 0.3) is 5.56 Å². The van der Waals surface area contributed by atoms with Crippen LogP contribution in [0.5, 0.6) is 0 Å². The molecule has 0 radical (unpaired) electrons. The number of fused-ring (bicyclic) bond motifs is 1. The lowest BCUT2D eigenvalue weighted by molar-refractivity contribution is -0.130. The van der Waals surface area contributed by atoms with E-state index in [1.807, 2.05) is 0 Å². The fraction of sp³-hybridized carbons (Fsp3) is 0.583. The molecule has 2 aromatic rings. The topological polar surface area (TPSA) is 88.2 Å². The summed E-state index contributed by atoms with van der Waals surface area (Å²) < 4.78 is 5.46. The van der Waals surface area contributed by atoms with E-state index in [-0.39, 0.29) is 12.1 Å². The third kappa shape index (κ3) is 1.98. The quantitative estimate of drug-likeness (QED) is 0.852. The predicted molar refractivity (Wildman–Crippen MR) is 71.2 cm³/mol. The largest absolute Gasteiger partial charge is 0.388 e. The third-order valence-electron chi connectivity index (χ3n) is 3.84. The van der Waals surface area contributed by atoms with Crippen molar-refractivity contribution in [1.29, 1.82) is 0 Å². The van der Waals surface area contributed by atoms with Crippen molar-refractivity contribution >= 4 is 21.7 Å². The van der Waals surface area contributed by atoms with Gasteiger partial charge in [0.2, 0.25) is 0 Å². The van der Waals surface area contributed by atoms with E-state index in [2.05, 4.69) is 9.36 Å². The summed E-state index contributed by atoms with van der Waals surface area (Å²) in [6.07, 6.45) is 2.54. The van der Waals surface area contributed by atoms with Crippen LogP contribution in [0.4, 0.5) is 0 Å². The molecule has 0 amide bonds. The van der Waals surface area contributed by atoms with Gasteiger partial charge in [-0.2, -0.15) is 4.37 Å². The van der Waals surface area contributed by atoms with Gasteiger partial charge in [-0.05, 0) is 37.7 Å². The maximum Gasteiger partial charge on any atom is 0.264 e. The normalized spacial score (nSPS) is 19.3. The van der Waals surface area contributed by atoms with E-state index in [0.717, 1.165) is 6.42 Å². The number of aryl methyl sites for hydroxylation is 1. The first-order chi connectivity index (χ1) is 9.01. The average Bonchev–Trinajstić information content (AvgIpc) is 2.72. The van der Waals surface area contributed by atoms with Crippen LogP contribution >= 0.6 is 11.5 Å². The minimum atomic E-state index is -1.05. The Morgan fingerprint density at radius 3 is 2.95 bits per heavy atom. The Hall–Kier alpha value is -1.31. The standard InChI is InChI=1S/C12H15N3O3S/c1-7-9-10(19-14-7)13-6-15(11(9)17)5-8(16)12(18)3-2-4-12/h6,8,16,18H,2-5H2,1H3. The van der Waals surface area contributed by atoms with Crippen molar-refractivity contribution in [1.82, 2.24) is 13.9 Å². The molecule has 1 fully saturated rings. The van der Waals surface area contributed by atoms with Crippen molar-refractivity contribution < 1.29 is 10.2 Å². The van der Waals surface area contributed by atoms with Gasteiger partial charge in [-0.3, -0.25) is 9.36 Å². The van der Waals surface area contributed by atoms with Crippen LogP contribution in [0.25, 0.3) is 10.2 Å². The molecule has 2 heterocycles. The van der Waals surface area contributed by atoms with E-state index in [4.69, 9.17) is 0 Å². The Morgan fingerprint density at radius 1 is 1.58 bits per heavy atom. The van der Waals surface area contributed by atoms with Gasteiger partial charge in [0.1, 0.15) is 6.10 Å². The molecule has 6 nitrogen and oxygen atoms in total. The van der Waals surface area contributed by atoms with Crippen molar-refractivity contribution in [2.45, 2.75) is 44.4 Å². The minimum Gasteiger partial charge on any atom is -0.388 e. The molecule has 0 aliphatic heterocycles. The molecular formula is C12H15N3O3S. The van der Waals surface area contributed by atoms with Crippen molar-refractivity contribution in [2.24, 2.45) is 0 Å². The molecule has 1 aliphatic rings. The maximum absolute atomic E-state index is 12.3. The molecule has 102 valence electrons. The number of nitrogens with zero attached hydrogens (tertiary/aromatic N) is 3. The highest BCUT2D eigenvalue weighted by molar-refractivity contribution is 7.12. The average molecular weight is 281 g/mol. The van der Waals surface area contributed by atoms with Crippen molar-refractivity contribution in [3.63, 3.8) is 0 Å². The molecule has 19 heavy (non-hydrogen) atoms. The summed E-state index contributed by atoms with van der Waals surface area (Å²) in [5, 5.41) is 20.6. The Kier molecular flexibility index (Phi) is 2.92. The van der Waals surface area contributed by atoms with Crippen LogP contribution in [-0.4, -0.2) is 35.8 Å². The zero-order valence-corrected chi connectivity index (χ0v) is 11.4. The molecule has 1 unspecified atom stereocenters. The summed E-state index contributed by atoms with van der Waals surface area (Å²) in [5.41, 5.74) is -0.599. The Morgan fingerprint density at radius 2 is 2.32 bits per heavy atom. The summed E-state index contributed by atoms with van der Waals surface area (Å²) in [6.45, 7) is 1.83. The lowest BCUT2D eigenvalue weighted by atomic mass is 9.76. The van der Waals surface area contributed by atoms with Gasteiger partial charge in [-0.25, -0.2) is 4.98 Å². The van der Waals surface area contributed by atoms with Crippen LogP contribution in [0.15, 0.2) is 11.1 Å². The molecule has 0 spiro atoms. The van der Waals surface area contributed by atoms with Gasteiger partial charge in [0.05, 0.1) is 29.6 Å². The summed E-state index contributed by atoms with van der Waals surface area (Å²) in [6, 6.07) is 0. The highest BCUT2D eigenvalue weighted by Crippen LogP contribution is 2.35. The van der Waals surface area contributed by atoms with Crippen LogP contribution in [0.2, 0.25) is 0 Å². The lowest BCUT2D eigenvalue weighted by Gasteiger charge is -2.40. The number of hydrogen-bond donors (Lipinski definition) is 2. The first kappa shape index (κ1) is 12.7. The monoisotopic (exact) mass is 281 g/mol. The van der Waals surface area contributed by atoms with E-state index in [9.17, 15) is 15.0 Å². The first-order valence-corrected chi connectivity index (χ1v) is 7.00. The second-order valence-corrected chi connectivity index (χ2v) is 5.87. The minimum absolute atomic E-state index is 0.0631. The van der Waals surface area contributed by atoms with E-state index in [0.29, 0.717) is 28.8 Å². The molecule has 2 N–H and O–H groups in total. The van der Waals surface area contributed by atoms with Crippen LogP contribution < -0.4 is 5.56 Å². The van der Waals surface area contributed by atoms with Gasteiger partial charge in [0.15, 0.2) is 4.83 Å². The fourth-order valence-electron chi connectivity index (χ4n) is 2.37. The highest BCUT2D eigenvalue weighted by Gasteiger charge is 2.41. The van der Waals surface area contributed by atoms with Crippen molar-refractivity contribution in [2.75, 3.05) is 0 Å². The molecule has 1 atom stereocenters. The molecule has 1 saturated carbocycles. The van der Waals surface area contributed by atoms with Gasteiger partial charge in [0, 0.05) is 0 Å². The summed E-state index contributed by atoms with van der Waals surface area (Å²) >= 11 is 1.19. The number of aliphatic hydroxyl groups excluding tert-OH is 1. The molecule has 7 heteroatoms. The van der Waals surface area contributed by atoms with Crippen LogP contribution in [-0.2, 0) is 6.54 Å². The summed E-state index contributed by atoms with van der Waals surface area (Å²) in [5.74, 6) is 0. The van der Waals surface area contributed by atoms with Crippen molar-refractivity contribution in [3.05, 3.63) is 22.4 Å². The number of aliphatic hydroxyl groups is 2. The molecule has 0 bridgehead atoms. The second kappa shape index (κ2) is 4.36. The number of rotatable bonds is 3. The van der Waals surface area contributed by atoms with Crippen LogP contribution in [0, 0.1) is 6.92 Å². The first-order valence-electron chi connectivity index (χ1n) is 6.23. The van der Waals surface area contributed by atoms with Crippen LogP contribution in [0.1, 0.15) is 25.0 Å². The molecule has 3 rings (SSSR count). The van der Waals surface area contributed by atoms with E-state index >= 15 is 0 Å². The Balaban J connectivity index is 1.95. The van der Waals surface area contributed by atoms with E-state index in [1.165, 1.54) is 22.4 Å². The Bertz CT molecular complexity index is 674. The van der Waals surface area contributed by atoms with Gasteiger partial charge in [-0.15, -0.1) is 0 Å². The summed E-state index contributed by atoms with van der Waals surface area (Å²) in [4.78, 5) is 17.1. The predicted octanol–water partition coefficient (Wildman–Crippen LogP) is 0.437. The SMILES string of the molecule is Cc1nsc2ncn(CC(O)C3(O)CCC3)c(=O)c12. The maximum atomic E-state index is 12.3. The summed E-state index contributed by atoms with van der Waals surface area (Å²) in [7, 11) is 0. The molecule has 0 saturated heterocycles. The molecular weight excluding hydrogens is 266 g/mol. The number of hydrogen-bond acceptors (Lipinski definition) is 6. The van der Waals surface area contributed by atoms with E-state index in [1.54, 1.807) is 6.92 Å². The fourth-order valence-corrected chi connectivity index (χ4v) is 3.10. The van der Waals surface area contributed by atoms with E-state index < -0.39 is 11.7 Å². The lowest BCUT2D eigenvalue weighted by Crippen LogP contribution is -2.50. The van der Waals surface area contributed by atoms with Gasteiger partial charge in [-0.1, -0.05) is 0 Å². The molecule has 2 aromatic heterocycles. The van der Waals surface area contributed by atoms with Crippen LogP contribution in [0.3, 0.4) is 0 Å². The van der Waals surface area contributed by atoms with Gasteiger partial charge < -0.3 is 10.2 Å². The molecule has 1 aliphatic carbocycles. The smallest absolute Gasteiger partial charge is 0.264 e. The highest BCUT2D eigenvalue weighted by atomic mass is 32.1. The Labute approximate surface area is 113 Å². The molecule has 0 aromatic carbocycles. The van der Waals surface area contributed by atoms with Gasteiger partial charge >= 0.3 is 0 Å². The third-order valence-corrected chi connectivity index (χ3v) is 4.69. The van der Waals surface area contributed by atoms with Crippen molar-refractivity contribution in [3.8, 4) is 0 Å². The zero-order valence-electron chi connectivity index (χ0n) is 10.5.